The molecule has 1 unspecified atom stereocenters. The summed E-state index contributed by atoms with van der Waals surface area (Å²) in [6.07, 6.45) is 0. The fourth-order valence-electron chi connectivity index (χ4n) is 2.11. The third kappa shape index (κ3) is 4.56. The van der Waals surface area contributed by atoms with Gasteiger partial charge in [-0.15, -0.1) is 0 Å². The van der Waals surface area contributed by atoms with Crippen LogP contribution < -0.4 is 11.1 Å². The lowest BCUT2D eigenvalue weighted by atomic mass is 10.1. The van der Waals surface area contributed by atoms with E-state index in [9.17, 15) is 4.79 Å². The van der Waals surface area contributed by atoms with Gasteiger partial charge in [0.25, 0.3) is 5.91 Å². The van der Waals surface area contributed by atoms with Gasteiger partial charge in [0, 0.05) is 18.3 Å². The summed E-state index contributed by atoms with van der Waals surface area (Å²) in [5.41, 5.74) is 8.03. The number of likely N-dealkylation sites (N-methyl/N-ethyl adjacent to an activating group) is 1. The first-order valence-electron chi connectivity index (χ1n) is 6.87. The van der Waals surface area contributed by atoms with Crippen LogP contribution in [0.5, 0.6) is 0 Å². The molecule has 0 fully saturated rings. The second kappa shape index (κ2) is 7.14. The molecule has 1 rings (SSSR count). The van der Waals surface area contributed by atoms with Crippen molar-refractivity contribution in [3.8, 4) is 0 Å². The topological polar surface area (TPSA) is 58.4 Å². The van der Waals surface area contributed by atoms with Crippen LogP contribution in [0.25, 0.3) is 0 Å². The van der Waals surface area contributed by atoms with Gasteiger partial charge in [0.05, 0.1) is 5.56 Å². The Hall–Kier alpha value is -1.55. The van der Waals surface area contributed by atoms with Gasteiger partial charge in [0.1, 0.15) is 0 Å². The van der Waals surface area contributed by atoms with Gasteiger partial charge in [-0.05, 0) is 44.6 Å². The Labute approximate surface area is 116 Å². The molecule has 1 atom stereocenters. The van der Waals surface area contributed by atoms with E-state index in [-0.39, 0.29) is 11.9 Å². The Morgan fingerprint density at radius 2 is 2.00 bits per heavy atom. The van der Waals surface area contributed by atoms with Crippen LogP contribution >= 0.6 is 0 Å². The molecule has 0 heterocycles. The molecule has 0 radical (unpaired) electrons. The van der Waals surface area contributed by atoms with Crippen LogP contribution in [0.1, 0.15) is 36.7 Å². The van der Waals surface area contributed by atoms with Crippen LogP contribution in [-0.4, -0.2) is 36.5 Å². The van der Waals surface area contributed by atoms with E-state index < -0.39 is 0 Å². The van der Waals surface area contributed by atoms with E-state index in [4.69, 9.17) is 5.73 Å². The number of aryl methyl sites for hydroxylation is 1. The van der Waals surface area contributed by atoms with Crippen LogP contribution in [0.4, 0.5) is 5.69 Å². The summed E-state index contributed by atoms with van der Waals surface area (Å²) in [4.78, 5) is 14.4. The van der Waals surface area contributed by atoms with E-state index in [2.05, 4.69) is 24.1 Å². The fraction of sp³-hybridized carbons (Fsp3) is 0.533. The SMILES string of the molecule is CCN(CC)CC(C)NC(=O)c1ccc(C)cc1N. The van der Waals surface area contributed by atoms with Crippen molar-refractivity contribution in [2.24, 2.45) is 0 Å². The lowest BCUT2D eigenvalue weighted by Gasteiger charge is -2.23. The van der Waals surface area contributed by atoms with Crippen molar-refractivity contribution in [2.45, 2.75) is 33.7 Å². The quantitative estimate of drug-likeness (QED) is 0.772. The third-order valence-electron chi connectivity index (χ3n) is 3.26. The lowest BCUT2D eigenvalue weighted by molar-refractivity contribution is 0.0931. The first-order valence-corrected chi connectivity index (χ1v) is 6.87. The molecule has 0 aliphatic heterocycles. The second-order valence-electron chi connectivity index (χ2n) is 4.95. The Bertz CT molecular complexity index is 427. The smallest absolute Gasteiger partial charge is 0.253 e. The highest BCUT2D eigenvalue weighted by molar-refractivity contribution is 5.99. The summed E-state index contributed by atoms with van der Waals surface area (Å²) in [5.74, 6) is -0.0999. The molecular formula is C15H25N3O. The van der Waals surface area contributed by atoms with Gasteiger partial charge in [-0.1, -0.05) is 19.9 Å². The maximum atomic E-state index is 12.1. The monoisotopic (exact) mass is 263 g/mol. The van der Waals surface area contributed by atoms with Gasteiger partial charge in [-0.3, -0.25) is 4.79 Å². The highest BCUT2D eigenvalue weighted by atomic mass is 16.1. The molecule has 1 aromatic carbocycles. The zero-order valence-electron chi connectivity index (χ0n) is 12.4. The minimum atomic E-state index is -0.0999. The predicted octanol–water partition coefficient (Wildman–Crippen LogP) is 2.04. The second-order valence-corrected chi connectivity index (χ2v) is 4.95. The molecule has 0 saturated heterocycles. The summed E-state index contributed by atoms with van der Waals surface area (Å²) < 4.78 is 0. The molecule has 1 amide bonds. The Morgan fingerprint density at radius 1 is 1.37 bits per heavy atom. The summed E-state index contributed by atoms with van der Waals surface area (Å²) in [7, 11) is 0. The molecule has 4 nitrogen and oxygen atoms in total. The van der Waals surface area contributed by atoms with Gasteiger partial charge in [0.2, 0.25) is 0 Å². The van der Waals surface area contributed by atoms with Crippen molar-refractivity contribution < 1.29 is 4.79 Å². The zero-order valence-corrected chi connectivity index (χ0v) is 12.4. The number of nitrogens with zero attached hydrogens (tertiary/aromatic N) is 1. The van der Waals surface area contributed by atoms with Gasteiger partial charge in [-0.25, -0.2) is 0 Å². The molecule has 19 heavy (non-hydrogen) atoms. The minimum Gasteiger partial charge on any atom is -0.398 e. The van der Waals surface area contributed by atoms with E-state index in [1.54, 1.807) is 6.07 Å². The number of anilines is 1. The molecule has 0 aliphatic carbocycles. The molecule has 0 spiro atoms. The first-order chi connectivity index (χ1) is 8.97. The largest absolute Gasteiger partial charge is 0.398 e. The highest BCUT2D eigenvalue weighted by Crippen LogP contribution is 2.13. The molecule has 0 aliphatic rings. The van der Waals surface area contributed by atoms with Crippen LogP contribution in [0, 0.1) is 6.92 Å². The summed E-state index contributed by atoms with van der Waals surface area (Å²) in [6.45, 7) is 11.0. The van der Waals surface area contributed by atoms with Crippen LogP contribution in [0.15, 0.2) is 18.2 Å². The fourth-order valence-corrected chi connectivity index (χ4v) is 2.11. The van der Waals surface area contributed by atoms with Crippen molar-refractivity contribution in [2.75, 3.05) is 25.4 Å². The van der Waals surface area contributed by atoms with E-state index in [0.717, 1.165) is 25.2 Å². The predicted molar refractivity (Wildman–Crippen MR) is 80.3 cm³/mol. The number of rotatable bonds is 6. The number of amides is 1. The Balaban J connectivity index is 2.63. The molecule has 1 aromatic rings. The molecule has 106 valence electrons. The number of carbonyl (C=O) groups excluding carboxylic acids is 1. The summed E-state index contributed by atoms with van der Waals surface area (Å²) >= 11 is 0. The minimum absolute atomic E-state index is 0.0999. The standard InChI is InChI=1S/C15H25N3O/c1-5-18(6-2)10-12(4)17-15(19)13-8-7-11(3)9-14(13)16/h7-9,12H,5-6,10,16H2,1-4H3,(H,17,19). The highest BCUT2D eigenvalue weighted by Gasteiger charge is 2.14. The van der Waals surface area contributed by atoms with Crippen molar-refractivity contribution in [1.82, 2.24) is 10.2 Å². The number of nitrogens with one attached hydrogen (secondary N) is 1. The molecule has 0 bridgehead atoms. The van der Waals surface area contributed by atoms with Crippen molar-refractivity contribution in [1.29, 1.82) is 0 Å². The Morgan fingerprint density at radius 3 is 2.53 bits per heavy atom. The number of benzene rings is 1. The van der Waals surface area contributed by atoms with Gasteiger partial charge in [-0.2, -0.15) is 0 Å². The van der Waals surface area contributed by atoms with Crippen molar-refractivity contribution in [3.05, 3.63) is 29.3 Å². The average Bonchev–Trinajstić information content (AvgIpc) is 2.35. The van der Waals surface area contributed by atoms with E-state index >= 15 is 0 Å². The average molecular weight is 263 g/mol. The number of hydrogen-bond donors (Lipinski definition) is 2. The van der Waals surface area contributed by atoms with Crippen molar-refractivity contribution in [3.63, 3.8) is 0 Å². The van der Waals surface area contributed by atoms with Crippen LogP contribution in [0.2, 0.25) is 0 Å². The van der Waals surface area contributed by atoms with Crippen LogP contribution in [0.3, 0.4) is 0 Å². The van der Waals surface area contributed by atoms with Crippen molar-refractivity contribution >= 4 is 11.6 Å². The first kappa shape index (κ1) is 15.5. The van der Waals surface area contributed by atoms with E-state index in [0.29, 0.717) is 11.3 Å². The zero-order chi connectivity index (χ0) is 14.4. The Kier molecular flexibility index (Phi) is 5.83. The molecule has 4 heteroatoms. The normalized spacial score (nSPS) is 12.5. The van der Waals surface area contributed by atoms with E-state index in [1.165, 1.54) is 0 Å². The lowest BCUT2D eigenvalue weighted by Crippen LogP contribution is -2.42. The molecule has 0 aromatic heterocycles. The number of carbonyl (C=O) groups is 1. The summed E-state index contributed by atoms with van der Waals surface area (Å²) in [5, 5.41) is 2.99. The van der Waals surface area contributed by atoms with E-state index in [1.807, 2.05) is 26.0 Å². The van der Waals surface area contributed by atoms with Gasteiger partial charge < -0.3 is 16.0 Å². The van der Waals surface area contributed by atoms with Crippen LogP contribution in [-0.2, 0) is 0 Å². The van der Waals surface area contributed by atoms with Gasteiger partial charge in [0.15, 0.2) is 0 Å². The van der Waals surface area contributed by atoms with Gasteiger partial charge >= 0.3 is 0 Å². The number of hydrogen-bond acceptors (Lipinski definition) is 3. The number of nitrogen functional groups attached to an aromatic ring is 1. The maximum Gasteiger partial charge on any atom is 0.253 e. The molecule has 0 saturated carbocycles. The maximum absolute atomic E-state index is 12.1. The third-order valence-corrected chi connectivity index (χ3v) is 3.26. The molecule has 3 N–H and O–H groups in total. The summed E-state index contributed by atoms with van der Waals surface area (Å²) in [6, 6.07) is 5.61. The number of nitrogens with two attached hydrogens (primary N) is 1. The molecular weight excluding hydrogens is 238 g/mol.